The molecule has 4 N–H and O–H groups in total. The number of H-pyrrole nitrogens is 2. The van der Waals surface area contributed by atoms with E-state index in [9.17, 15) is 0 Å². The summed E-state index contributed by atoms with van der Waals surface area (Å²) in [5, 5.41) is 9.83. The molecule has 3 aliphatic rings. The van der Waals surface area contributed by atoms with E-state index in [-0.39, 0.29) is 14.9 Å². The van der Waals surface area contributed by atoms with Gasteiger partial charge in [-0.25, -0.2) is 9.97 Å². The van der Waals surface area contributed by atoms with Crippen LogP contribution in [0.2, 0.25) is 0 Å². The first-order valence-corrected chi connectivity index (χ1v) is 17.2. The van der Waals surface area contributed by atoms with Crippen LogP contribution in [0.3, 0.4) is 0 Å². The van der Waals surface area contributed by atoms with Gasteiger partial charge in [-0.2, -0.15) is 0 Å². The summed E-state index contributed by atoms with van der Waals surface area (Å²) in [7, 11) is 0. The molecular weight excluding hydrogens is 589 g/mol. The number of rotatable bonds is 5. The second-order valence-corrected chi connectivity index (χ2v) is 12.5. The number of imidazole rings is 2. The van der Waals surface area contributed by atoms with E-state index in [2.05, 4.69) is 120 Å². The third kappa shape index (κ3) is 8.64. The SMILES string of the molecule is C.C.C#C.CC.CC1CC[C@@H](c2ncc(-c3ccc4cc(-c5ccc(-c6cnc([C@@H]7CCC8CC8N7)[nH]6)cc5)ccc4c3)[nH]2)N1.CCC. The minimum absolute atomic E-state index is 0. The van der Waals surface area contributed by atoms with Gasteiger partial charge in [0.05, 0.1) is 35.9 Å². The van der Waals surface area contributed by atoms with Crippen molar-refractivity contribution in [2.24, 2.45) is 5.92 Å². The largest absolute Gasteiger partial charge is 0.341 e. The van der Waals surface area contributed by atoms with Crippen molar-refractivity contribution in [1.29, 1.82) is 0 Å². The summed E-state index contributed by atoms with van der Waals surface area (Å²) in [5.41, 5.74) is 6.94. The predicted molar refractivity (Wildman–Crippen MR) is 207 cm³/mol. The average molecular weight is 647 g/mol. The van der Waals surface area contributed by atoms with Crippen LogP contribution in [0, 0.1) is 18.8 Å². The molecule has 256 valence electrons. The van der Waals surface area contributed by atoms with Crippen LogP contribution in [0.1, 0.15) is 112 Å². The summed E-state index contributed by atoms with van der Waals surface area (Å²) in [4.78, 5) is 16.5. The molecule has 0 spiro atoms. The molecule has 0 amide bonds. The van der Waals surface area contributed by atoms with Crippen LogP contribution in [0.5, 0.6) is 0 Å². The van der Waals surface area contributed by atoms with Gasteiger partial charge in [-0.3, -0.25) is 0 Å². The first kappa shape index (κ1) is 38.3. The third-order valence-electron chi connectivity index (χ3n) is 9.07. The average Bonchev–Trinajstić information content (AvgIpc) is 3.46. The molecule has 1 saturated carbocycles. The van der Waals surface area contributed by atoms with Crippen LogP contribution >= 0.6 is 0 Å². The number of terminal acetylenes is 1. The van der Waals surface area contributed by atoms with Crippen LogP contribution in [-0.2, 0) is 0 Å². The van der Waals surface area contributed by atoms with Crippen LogP contribution in [0.25, 0.3) is 44.4 Å². The van der Waals surface area contributed by atoms with Crippen LogP contribution in [0.15, 0.2) is 73.1 Å². The molecule has 2 aromatic heterocycles. The van der Waals surface area contributed by atoms with E-state index in [1.165, 1.54) is 65.1 Å². The fourth-order valence-corrected chi connectivity index (χ4v) is 6.61. The molecule has 6 heteroatoms. The molecule has 5 atom stereocenters. The fourth-order valence-electron chi connectivity index (χ4n) is 6.61. The quantitative estimate of drug-likeness (QED) is 0.143. The number of fused-ring (bicyclic) bond motifs is 2. The number of hydrogen-bond donors (Lipinski definition) is 4. The zero-order valence-electron chi connectivity index (χ0n) is 28.1. The topological polar surface area (TPSA) is 81.4 Å². The summed E-state index contributed by atoms with van der Waals surface area (Å²) < 4.78 is 0. The molecule has 48 heavy (non-hydrogen) atoms. The minimum Gasteiger partial charge on any atom is -0.341 e. The van der Waals surface area contributed by atoms with E-state index in [0.717, 1.165) is 35.4 Å². The van der Waals surface area contributed by atoms with Gasteiger partial charge in [0.25, 0.3) is 0 Å². The van der Waals surface area contributed by atoms with Gasteiger partial charge in [-0.1, -0.05) is 97.5 Å². The summed E-state index contributed by atoms with van der Waals surface area (Å²) in [6.45, 7) is 10.5. The number of nitrogens with one attached hydrogen (secondary N) is 4. The highest BCUT2D eigenvalue weighted by Crippen LogP contribution is 2.42. The summed E-state index contributed by atoms with van der Waals surface area (Å²) in [6, 6.07) is 24.2. The van der Waals surface area contributed by atoms with E-state index < -0.39 is 0 Å². The van der Waals surface area contributed by atoms with Gasteiger partial charge in [-0.05, 0) is 84.5 Å². The molecule has 3 aromatic carbocycles. The number of nitrogens with zero attached hydrogens (tertiary/aromatic N) is 2. The lowest BCUT2D eigenvalue weighted by atomic mass is 9.98. The Bertz CT molecular complexity index is 1710. The molecule has 1 aliphatic carbocycles. The van der Waals surface area contributed by atoms with E-state index in [1.807, 2.05) is 26.2 Å². The maximum absolute atomic E-state index is 4.71. The summed E-state index contributed by atoms with van der Waals surface area (Å²) in [5.74, 6) is 3.03. The summed E-state index contributed by atoms with van der Waals surface area (Å²) >= 11 is 0. The van der Waals surface area contributed by atoms with Crippen LogP contribution < -0.4 is 10.6 Å². The molecule has 4 heterocycles. The van der Waals surface area contributed by atoms with Gasteiger partial charge in [-0.15, -0.1) is 12.8 Å². The fraction of sp³-hybridized carbons (Fsp3) is 0.429. The van der Waals surface area contributed by atoms with E-state index >= 15 is 0 Å². The first-order chi connectivity index (χ1) is 22.6. The van der Waals surface area contributed by atoms with Crippen LogP contribution in [-0.4, -0.2) is 32.0 Å². The Balaban J connectivity index is 0.000000650. The van der Waals surface area contributed by atoms with E-state index in [4.69, 9.17) is 4.98 Å². The number of hydrogen-bond acceptors (Lipinski definition) is 4. The number of aromatic nitrogens is 4. The van der Waals surface area contributed by atoms with Gasteiger partial charge in [0, 0.05) is 17.6 Å². The van der Waals surface area contributed by atoms with E-state index in [1.54, 1.807) is 0 Å². The maximum atomic E-state index is 4.71. The molecule has 8 rings (SSSR count). The Morgan fingerprint density at radius 2 is 1.12 bits per heavy atom. The normalized spacial score (nSPS) is 21.8. The van der Waals surface area contributed by atoms with Gasteiger partial charge < -0.3 is 20.6 Å². The number of piperidine rings is 1. The maximum Gasteiger partial charge on any atom is 0.123 e. The van der Waals surface area contributed by atoms with Gasteiger partial charge in [0.15, 0.2) is 0 Å². The van der Waals surface area contributed by atoms with E-state index in [0.29, 0.717) is 24.2 Å². The van der Waals surface area contributed by atoms with Gasteiger partial charge in [0.2, 0.25) is 0 Å². The zero-order valence-corrected chi connectivity index (χ0v) is 28.1. The highest BCUT2D eigenvalue weighted by Gasteiger charge is 2.42. The molecule has 0 radical (unpaired) electrons. The van der Waals surface area contributed by atoms with Crippen molar-refractivity contribution < 1.29 is 0 Å². The minimum atomic E-state index is 0. The molecular formula is C42H58N6. The van der Waals surface area contributed by atoms with Crippen molar-refractivity contribution in [3.63, 3.8) is 0 Å². The van der Waals surface area contributed by atoms with Gasteiger partial charge in [0.1, 0.15) is 11.6 Å². The molecule has 2 saturated heterocycles. The predicted octanol–water partition coefficient (Wildman–Crippen LogP) is 10.9. The second kappa shape index (κ2) is 17.8. The van der Waals surface area contributed by atoms with Crippen molar-refractivity contribution in [1.82, 2.24) is 30.6 Å². The molecule has 6 nitrogen and oxygen atoms in total. The van der Waals surface area contributed by atoms with Crippen molar-refractivity contribution in [2.45, 2.75) is 112 Å². The Morgan fingerprint density at radius 1 is 0.646 bits per heavy atom. The van der Waals surface area contributed by atoms with Crippen molar-refractivity contribution >= 4 is 10.8 Å². The molecule has 2 aliphatic heterocycles. The van der Waals surface area contributed by atoms with Crippen molar-refractivity contribution in [3.05, 3.63) is 84.7 Å². The Hall–Kier alpha value is -4.18. The highest BCUT2D eigenvalue weighted by atomic mass is 15.1. The van der Waals surface area contributed by atoms with Crippen molar-refractivity contribution in [3.8, 4) is 46.5 Å². The number of aromatic amines is 2. The van der Waals surface area contributed by atoms with Gasteiger partial charge >= 0.3 is 0 Å². The molecule has 3 fully saturated rings. The second-order valence-electron chi connectivity index (χ2n) is 12.5. The third-order valence-corrected chi connectivity index (χ3v) is 9.07. The van der Waals surface area contributed by atoms with Crippen molar-refractivity contribution in [2.75, 3.05) is 0 Å². The molecule has 5 aromatic rings. The molecule has 3 unspecified atom stereocenters. The Kier molecular flexibility index (Phi) is 14.2. The lowest BCUT2D eigenvalue weighted by Gasteiger charge is -2.21. The highest BCUT2D eigenvalue weighted by molar-refractivity contribution is 5.90. The van der Waals surface area contributed by atoms with Crippen LogP contribution in [0.4, 0.5) is 0 Å². The summed E-state index contributed by atoms with van der Waals surface area (Å²) in [6.07, 6.45) is 19.4. The smallest absolute Gasteiger partial charge is 0.123 e. The Labute approximate surface area is 290 Å². The lowest BCUT2D eigenvalue weighted by Crippen LogP contribution is -2.29. The number of benzene rings is 3. The standard InChI is InChI=1S/C33H34N6.C3H8.C2H6.C2H2.2CH4/c1-19-2-12-27(36-19)32-35-18-31(39-32)25-10-9-23-14-22(7-8-24(23)15-25)20-3-5-21(6-4-20)30-17-34-33(38-30)28-13-11-26-16-29(26)37-28;1-3-2;2*1-2;;/h3-10,14-15,17-19,26-29,36-37H,2,11-13,16H2,1H3,(H,34,38)(H,35,39);3H2,1-2H3;1-2H3;1-2H;2*1H4/t19?,26?,27-,28-,29?;;;;;/m0...../s1. The lowest BCUT2D eigenvalue weighted by molar-refractivity contribution is 0.389. The monoisotopic (exact) mass is 646 g/mol. The first-order valence-electron chi connectivity index (χ1n) is 17.2. The zero-order chi connectivity index (χ0) is 32.6. The Morgan fingerprint density at radius 3 is 1.69 bits per heavy atom. The molecule has 0 bridgehead atoms.